The highest BCUT2D eigenvalue weighted by Crippen LogP contribution is 2.32. The Hall–Kier alpha value is -1.11. The van der Waals surface area contributed by atoms with Crippen LogP contribution in [0.15, 0.2) is 28.5 Å². The first-order valence-corrected chi connectivity index (χ1v) is 7.66. The second-order valence-corrected chi connectivity index (χ2v) is 6.69. The summed E-state index contributed by atoms with van der Waals surface area (Å²) in [6.45, 7) is 0. The smallest absolute Gasteiger partial charge is 0.337 e. The minimum Gasteiger partial charge on any atom is -0.465 e. The maximum Gasteiger partial charge on any atom is 0.337 e. The van der Waals surface area contributed by atoms with E-state index in [0.29, 0.717) is 10.9 Å². The predicted molar refractivity (Wildman–Crippen MR) is 66.2 cm³/mol. The largest absolute Gasteiger partial charge is 0.465 e. The first-order chi connectivity index (χ1) is 7.93. The van der Waals surface area contributed by atoms with E-state index in [1.54, 1.807) is 12.1 Å². The molecule has 0 unspecified atom stereocenters. The van der Waals surface area contributed by atoms with Crippen molar-refractivity contribution < 1.29 is 17.9 Å². The highest BCUT2D eigenvalue weighted by Gasteiger charge is 2.17. The van der Waals surface area contributed by atoms with Crippen molar-refractivity contribution in [2.45, 2.75) is 4.90 Å². The van der Waals surface area contributed by atoms with Crippen LogP contribution < -0.4 is 0 Å². The molecule has 2 aromatic rings. The average Bonchev–Trinajstić information content (AvgIpc) is 2.70. The molecule has 1 aromatic carbocycles. The van der Waals surface area contributed by atoms with Crippen molar-refractivity contribution in [3.63, 3.8) is 0 Å². The number of carbonyl (C=O) groups is 1. The Morgan fingerprint density at radius 1 is 1.41 bits per heavy atom. The second-order valence-electron chi connectivity index (χ2n) is 3.24. The van der Waals surface area contributed by atoms with Gasteiger partial charge in [-0.05, 0) is 18.2 Å². The van der Waals surface area contributed by atoms with E-state index < -0.39 is 15.0 Å². The van der Waals surface area contributed by atoms with Crippen molar-refractivity contribution in [2.24, 2.45) is 0 Å². The number of esters is 1. The van der Waals surface area contributed by atoms with Crippen LogP contribution in [-0.4, -0.2) is 21.5 Å². The first-order valence-electron chi connectivity index (χ1n) is 4.47. The van der Waals surface area contributed by atoms with Crippen LogP contribution in [0.4, 0.5) is 0 Å². The molecule has 0 amide bonds. The summed E-state index contributed by atoms with van der Waals surface area (Å²) in [5.41, 5.74) is 0.292. The third-order valence-electron chi connectivity index (χ3n) is 2.22. The molecule has 0 saturated carbocycles. The molecule has 7 heteroatoms. The van der Waals surface area contributed by atoms with E-state index in [1.807, 2.05) is 0 Å². The number of hydrogen-bond acceptors (Lipinski definition) is 5. The van der Waals surface area contributed by atoms with Crippen LogP contribution in [0.1, 0.15) is 10.4 Å². The van der Waals surface area contributed by atoms with Gasteiger partial charge in [-0.15, -0.1) is 11.3 Å². The third kappa shape index (κ3) is 2.29. The van der Waals surface area contributed by atoms with Gasteiger partial charge < -0.3 is 4.74 Å². The van der Waals surface area contributed by atoms with Crippen LogP contribution in [0, 0.1) is 0 Å². The average molecular weight is 291 g/mol. The summed E-state index contributed by atoms with van der Waals surface area (Å²) < 4.78 is 27.9. The fraction of sp³-hybridized carbons (Fsp3) is 0.100. The molecule has 0 aliphatic carbocycles. The number of fused-ring (bicyclic) bond motifs is 1. The molecule has 17 heavy (non-hydrogen) atoms. The molecule has 0 aliphatic rings. The van der Waals surface area contributed by atoms with E-state index in [9.17, 15) is 13.2 Å². The minimum absolute atomic E-state index is 0.0184. The number of carbonyl (C=O) groups excluding carboxylic acids is 1. The zero-order valence-electron chi connectivity index (χ0n) is 8.64. The van der Waals surface area contributed by atoms with E-state index in [0.717, 1.165) is 4.70 Å². The summed E-state index contributed by atoms with van der Waals surface area (Å²) in [6, 6.07) is 4.71. The highest BCUT2D eigenvalue weighted by atomic mass is 35.7. The Morgan fingerprint density at radius 3 is 2.71 bits per heavy atom. The number of methoxy groups -OCH3 is 1. The zero-order chi connectivity index (χ0) is 12.6. The molecular formula is C10H7ClO4S2. The molecule has 0 spiro atoms. The highest BCUT2D eigenvalue weighted by molar-refractivity contribution is 8.14. The topological polar surface area (TPSA) is 60.4 Å². The lowest BCUT2D eigenvalue weighted by molar-refractivity contribution is 0.0601. The molecule has 1 aromatic heterocycles. The lowest BCUT2D eigenvalue weighted by Gasteiger charge is -2.00. The maximum atomic E-state index is 11.3. The van der Waals surface area contributed by atoms with E-state index in [1.165, 1.54) is 29.9 Å². The van der Waals surface area contributed by atoms with Crippen molar-refractivity contribution in [1.82, 2.24) is 0 Å². The number of rotatable bonds is 2. The third-order valence-corrected chi connectivity index (χ3v) is 4.70. The van der Waals surface area contributed by atoms with Crippen molar-refractivity contribution in [3.8, 4) is 0 Å². The fourth-order valence-electron chi connectivity index (χ4n) is 1.44. The van der Waals surface area contributed by atoms with E-state index in [2.05, 4.69) is 4.74 Å². The van der Waals surface area contributed by atoms with Gasteiger partial charge in [0, 0.05) is 26.1 Å². The van der Waals surface area contributed by atoms with Crippen molar-refractivity contribution in [3.05, 3.63) is 29.1 Å². The van der Waals surface area contributed by atoms with Gasteiger partial charge in [0.2, 0.25) is 0 Å². The molecule has 0 saturated heterocycles. The van der Waals surface area contributed by atoms with Crippen LogP contribution >= 0.6 is 22.0 Å². The van der Waals surface area contributed by atoms with E-state index >= 15 is 0 Å². The Labute approximate surface area is 106 Å². The van der Waals surface area contributed by atoms with Gasteiger partial charge in [0.05, 0.1) is 12.7 Å². The molecular weight excluding hydrogens is 284 g/mol. The summed E-state index contributed by atoms with van der Waals surface area (Å²) in [5.74, 6) is -0.518. The number of halogens is 1. The fourth-order valence-corrected chi connectivity index (χ4v) is 3.92. The summed E-state index contributed by atoms with van der Waals surface area (Å²) in [5, 5.41) is 1.89. The zero-order valence-corrected chi connectivity index (χ0v) is 11.0. The quantitative estimate of drug-likeness (QED) is 0.630. The van der Waals surface area contributed by atoms with Gasteiger partial charge in [-0.3, -0.25) is 0 Å². The van der Waals surface area contributed by atoms with Crippen molar-refractivity contribution >= 4 is 47.1 Å². The number of thiophene rings is 1. The van der Waals surface area contributed by atoms with Gasteiger partial charge in [-0.25, -0.2) is 13.2 Å². The Morgan fingerprint density at radius 2 is 2.12 bits per heavy atom. The molecule has 1 heterocycles. The van der Waals surface area contributed by atoms with Crippen LogP contribution in [-0.2, 0) is 13.8 Å². The van der Waals surface area contributed by atoms with Gasteiger partial charge in [-0.1, -0.05) is 0 Å². The van der Waals surface area contributed by atoms with Gasteiger partial charge in [0.25, 0.3) is 9.05 Å². The Balaban J connectivity index is 2.71. The van der Waals surface area contributed by atoms with Gasteiger partial charge in [0.15, 0.2) is 0 Å². The van der Waals surface area contributed by atoms with Gasteiger partial charge in [-0.2, -0.15) is 0 Å². The summed E-state index contributed by atoms with van der Waals surface area (Å²) >= 11 is 1.25. The Kier molecular flexibility index (Phi) is 3.11. The van der Waals surface area contributed by atoms with Crippen molar-refractivity contribution in [2.75, 3.05) is 7.11 Å². The molecule has 0 radical (unpaired) electrons. The standard InChI is InChI=1S/C10H7ClO4S2/c1-15-10(12)6-2-3-8-7(4-6)9(5-16-8)17(11,13)14/h2-5H,1H3. The van der Waals surface area contributed by atoms with Gasteiger partial charge in [0.1, 0.15) is 4.90 Å². The lowest BCUT2D eigenvalue weighted by Crippen LogP contribution is -2.00. The number of benzene rings is 1. The second kappa shape index (κ2) is 4.29. The van der Waals surface area contributed by atoms with Crippen LogP contribution in [0.2, 0.25) is 0 Å². The maximum absolute atomic E-state index is 11.3. The predicted octanol–water partition coefficient (Wildman–Crippen LogP) is 2.62. The molecule has 0 bridgehead atoms. The van der Waals surface area contributed by atoms with Crippen LogP contribution in [0.5, 0.6) is 0 Å². The lowest BCUT2D eigenvalue weighted by atomic mass is 10.2. The van der Waals surface area contributed by atoms with E-state index in [-0.39, 0.29) is 4.90 Å². The normalized spacial score (nSPS) is 11.6. The summed E-state index contributed by atoms with van der Waals surface area (Å²) in [4.78, 5) is 11.4. The number of ether oxygens (including phenoxy) is 1. The molecule has 0 atom stereocenters. The van der Waals surface area contributed by atoms with Crippen LogP contribution in [0.25, 0.3) is 10.1 Å². The number of hydrogen-bond donors (Lipinski definition) is 0. The molecule has 0 fully saturated rings. The molecule has 4 nitrogen and oxygen atoms in total. The molecule has 0 N–H and O–H groups in total. The SMILES string of the molecule is COC(=O)c1ccc2scc(S(=O)(=O)Cl)c2c1. The summed E-state index contributed by atoms with van der Waals surface area (Å²) in [7, 11) is 2.77. The first kappa shape index (κ1) is 12.3. The molecule has 90 valence electrons. The van der Waals surface area contributed by atoms with Gasteiger partial charge >= 0.3 is 5.97 Å². The monoisotopic (exact) mass is 290 g/mol. The molecule has 0 aliphatic heterocycles. The minimum atomic E-state index is -3.80. The summed E-state index contributed by atoms with van der Waals surface area (Å²) in [6.07, 6.45) is 0. The van der Waals surface area contributed by atoms with Crippen LogP contribution in [0.3, 0.4) is 0 Å². The Bertz CT molecular complexity index is 687. The van der Waals surface area contributed by atoms with Crippen molar-refractivity contribution in [1.29, 1.82) is 0 Å². The van der Waals surface area contributed by atoms with E-state index in [4.69, 9.17) is 10.7 Å². The molecule has 2 rings (SSSR count).